The second-order valence-electron chi connectivity index (χ2n) is 8.55. The van der Waals surface area contributed by atoms with Gasteiger partial charge in [0.25, 0.3) is 0 Å². The molecule has 1 heterocycles. The van der Waals surface area contributed by atoms with Gasteiger partial charge in [-0.15, -0.1) is 0 Å². The van der Waals surface area contributed by atoms with Gasteiger partial charge >= 0.3 is 0 Å². The first-order chi connectivity index (χ1) is 15.4. The fourth-order valence-electron chi connectivity index (χ4n) is 4.19. The average molecular weight is 453 g/mol. The number of aromatic nitrogens is 1. The SMILES string of the molecule is COc1ccc(CN(Cc2cc3c(C)ccc(C)c3nc2Cl)C(=O)C2CCC2)cc1OC. The maximum atomic E-state index is 13.3. The molecule has 0 spiro atoms. The molecule has 0 unspecified atom stereocenters. The number of hydrogen-bond acceptors (Lipinski definition) is 4. The van der Waals surface area contributed by atoms with E-state index in [-0.39, 0.29) is 11.8 Å². The van der Waals surface area contributed by atoms with Crippen LogP contribution in [0.4, 0.5) is 0 Å². The smallest absolute Gasteiger partial charge is 0.226 e. The maximum absolute atomic E-state index is 13.3. The van der Waals surface area contributed by atoms with Gasteiger partial charge in [0, 0.05) is 30.0 Å². The number of nitrogens with zero attached hydrogens (tertiary/aromatic N) is 2. The first-order valence-corrected chi connectivity index (χ1v) is 11.3. The number of amides is 1. The first-order valence-electron chi connectivity index (χ1n) is 11.0. The number of aryl methyl sites for hydroxylation is 2. The highest BCUT2D eigenvalue weighted by Gasteiger charge is 2.30. The van der Waals surface area contributed by atoms with Crippen molar-refractivity contribution in [3.05, 3.63) is 63.8 Å². The number of halogens is 1. The van der Waals surface area contributed by atoms with E-state index in [4.69, 9.17) is 21.1 Å². The lowest BCUT2D eigenvalue weighted by Crippen LogP contribution is -2.38. The highest BCUT2D eigenvalue weighted by atomic mass is 35.5. The number of rotatable bonds is 7. The van der Waals surface area contributed by atoms with E-state index < -0.39 is 0 Å². The second-order valence-corrected chi connectivity index (χ2v) is 8.90. The summed E-state index contributed by atoms with van der Waals surface area (Å²) in [6.45, 7) is 4.99. The van der Waals surface area contributed by atoms with Gasteiger partial charge in [0.05, 0.1) is 19.7 Å². The molecule has 4 rings (SSSR count). The Hall–Kier alpha value is -2.79. The van der Waals surface area contributed by atoms with Gasteiger partial charge in [-0.2, -0.15) is 0 Å². The zero-order valence-corrected chi connectivity index (χ0v) is 19.8. The molecule has 0 N–H and O–H groups in total. The summed E-state index contributed by atoms with van der Waals surface area (Å²) >= 11 is 6.61. The molecule has 0 atom stereocenters. The maximum Gasteiger partial charge on any atom is 0.226 e. The molecule has 1 aromatic heterocycles. The summed E-state index contributed by atoms with van der Waals surface area (Å²) < 4.78 is 10.8. The lowest BCUT2D eigenvalue weighted by atomic mass is 9.84. The highest BCUT2D eigenvalue weighted by Crippen LogP contribution is 2.33. The van der Waals surface area contributed by atoms with Crippen molar-refractivity contribution < 1.29 is 14.3 Å². The Morgan fingerprint density at radius 2 is 1.75 bits per heavy atom. The summed E-state index contributed by atoms with van der Waals surface area (Å²) in [5.41, 5.74) is 4.99. The lowest BCUT2D eigenvalue weighted by molar-refractivity contribution is -0.139. The number of pyridine rings is 1. The van der Waals surface area contributed by atoms with Crippen molar-refractivity contribution in [1.82, 2.24) is 9.88 Å². The van der Waals surface area contributed by atoms with E-state index in [2.05, 4.69) is 30.1 Å². The van der Waals surface area contributed by atoms with Crippen LogP contribution in [0.5, 0.6) is 11.5 Å². The van der Waals surface area contributed by atoms with Crippen molar-refractivity contribution in [2.75, 3.05) is 14.2 Å². The third-order valence-corrected chi connectivity index (χ3v) is 6.71. The van der Waals surface area contributed by atoms with E-state index in [1.54, 1.807) is 14.2 Å². The fourth-order valence-corrected chi connectivity index (χ4v) is 4.39. The summed E-state index contributed by atoms with van der Waals surface area (Å²) in [6.07, 6.45) is 3.00. The number of benzene rings is 2. The normalized spacial score (nSPS) is 13.7. The van der Waals surface area contributed by atoms with Crippen LogP contribution in [0.3, 0.4) is 0 Å². The molecule has 0 bridgehead atoms. The quantitative estimate of drug-likeness (QED) is 0.422. The minimum atomic E-state index is 0.0892. The van der Waals surface area contributed by atoms with Gasteiger partial charge in [-0.05, 0) is 61.6 Å². The Kier molecular flexibility index (Phi) is 6.56. The number of hydrogen-bond donors (Lipinski definition) is 0. The molecule has 1 fully saturated rings. The van der Waals surface area contributed by atoms with Gasteiger partial charge in [-0.25, -0.2) is 4.98 Å². The van der Waals surface area contributed by atoms with E-state index >= 15 is 0 Å². The second kappa shape index (κ2) is 9.37. The molecule has 0 saturated heterocycles. The molecule has 0 aliphatic heterocycles. The standard InChI is InChI=1S/C26H29ClN2O3/c1-16-8-9-17(2)24-21(16)13-20(25(27)28-24)15-29(26(30)19-6-5-7-19)14-18-10-11-22(31-3)23(12-18)32-4/h8-13,19H,5-7,14-15H2,1-4H3. The topological polar surface area (TPSA) is 51.7 Å². The number of methoxy groups -OCH3 is 2. The Balaban J connectivity index is 1.68. The molecule has 6 heteroatoms. The van der Waals surface area contributed by atoms with Crippen LogP contribution < -0.4 is 9.47 Å². The predicted octanol–water partition coefficient (Wildman–Crippen LogP) is 5.85. The van der Waals surface area contributed by atoms with Crippen LogP contribution in [0.2, 0.25) is 5.15 Å². The van der Waals surface area contributed by atoms with Gasteiger partial charge in [0.1, 0.15) is 5.15 Å². The van der Waals surface area contributed by atoms with E-state index in [1.165, 1.54) is 0 Å². The van der Waals surface area contributed by atoms with E-state index in [0.717, 1.165) is 52.4 Å². The number of fused-ring (bicyclic) bond motifs is 1. The van der Waals surface area contributed by atoms with Crippen LogP contribution in [0.15, 0.2) is 36.4 Å². The molecule has 2 aromatic carbocycles. The van der Waals surface area contributed by atoms with Crippen molar-refractivity contribution in [1.29, 1.82) is 0 Å². The van der Waals surface area contributed by atoms with Gasteiger partial charge < -0.3 is 14.4 Å². The van der Waals surface area contributed by atoms with Crippen molar-refractivity contribution >= 4 is 28.4 Å². The summed E-state index contributed by atoms with van der Waals surface area (Å²) in [7, 11) is 3.23. The molecular formula is C26H29ClN2O3. The lowest BCUT2D eigenvalue weighted by Gasteiger charge is -2.32. The fraction of sp³-hybridized carbons (Fsp3) is 0.385. The third-order valence-electron chi connectivity index (χ3n) is 6.38. The van der Waals surface area contributed by atoms with Crippen molar-refractivity contribution in [2.24, 2.45) is 5.92 Å². The average Bonchev–Trinajstić information content (AvgIpc) is 2.75. The summed E-state index contributed by atoms with van der Waals surface area (Å²) in [5.74, 6) is 1.58. The molecule has 32 heavy (non-hydrogen) atoms. The van der Waals surface area contributed by atoms with Crippen LogP contribution in [-0.2, 0) is 17.9 Å². The molecule has 3 aromatic rings. The van der Waals surface area contributed by atoms with Crippen molar-refractivity contribution in [2.45, 2.75) is 46.2 Å². The minimum absolute atomic E-state index is 0.0892. The van der Waals surface area contributed by atoms with Gasteiger partial charge in [-0.1, -0.05) is 36.2 Å². The number of carbonyl (C=O) groups excluding carboxylic acids is 1. The molecule has 0 radical (unpaired) electrons. The van der Waals surface area contributed by atoms with Crippen LogP contribution in [-0.4, -0.2) is 30.0 Å². The Labute approximate surface area is 194 Å². The van der Waals surface area contributed by atoms with Crippen LogP contribution >= 0.6 is 11.6 Å². The van der Waals surface area contributed by atoms with Gasteiger partial charge in [0.15, 0.2) is 11.5 Å². The van der Waals surface area contributed by atoms with Crippen LogP contribution in [0.1, 0.15) is 41.5 Å². The largest absolute Gasteiger partial charge is 0.493 e. The van der Waals surface area contributed by atoms with Gasteiger partial charge in [0.2, 0.25) is 5.91 Å². The minimum Gasteiger partial charge on any atom is -0.493 e. The first kappa shape index (κ1) is 22.4. The summed E-state index contributed by atoms with van der Waals surface area (Å²) in [6, 6.07) is 12.0. The molecular weight excluding hydrogens is 424 g/mol. The zero-order chi connectivity index (χ0) is 22.8. The van der Waals surface area contributed by atoms with Crippen molar-refractivity contribution in [3.8, 4) is 11.5 Å². The number of carbonyl (C=O) groups is 1. The van der Waals surface area contributed by atoms with E-state index in [0.29, 0.717) is 29.7 Å². The Morgan fingerprint density at radius 3 is 2.41 bits per heavy atom. The van der Waals surface area contributed by atoms with E-state index in [1.807, 2.05) is 30.0 Å². The van der Waals surface area contributed by atoms with Crippen molar-refractivity contribution in [3.63, 3.8) is 0 Å². The Bertz CT molecular complexity index is 1160. The predicted molar refractivity (Wildman–Crippen MR) is 127 cm³/mol. The number of ether oxygens (including phenoxy) is 2. The molecule has 5 nitrogen and oxygen atoms in total. The molecule has 1 amide bonds. The Morgan fingerprint density at radius 1 is 1.03 bits per heavy atom. The summed E-state index contributed by atoms with van der Waals surface area (Å²) in [4.78, 5) is 19.9. The molecule has 1 saturated carbocycles. The van der Waals surface area contributed by atoms with Gasteiger partial charge in [-0.3, -0.25) is 4.79 Å². The third kappa shape index (κ3) is 4.40. The van der Waals surface area contributed by atoms with Crippen LogP contribution in [0, 0.1) is 19.8 Å². The molecule has 168 valence electrons. The molecule has 1 aliphatic carbocycles. The van der Waals surface area contributed by atoms with E-state index in [9.17, 15) is 4.79 Å². The summed E-state index contributed by atoms with van der Waals surface area (Å²) in [5, 5.41) is 1.52. The highest BCUT2D eigenvalue weighted by molar-refractivity contribution is 6.30. The van der Waals surface area contributed by atoms with Crippen LogP contribution in [0.25, 0.3) is 10.9 Å². The zero-order valence-electron chi connectivity index (χ0n) is 19.1. The molecule has 1 aliphatic rings. The monoisotopic (exact) mass is 452 g/mol.